The first-order valence-corrected chi connectivity index (χ1v) is 8.13. The molecule has 0 amide bonds. The maximum Gasteiger partial charge on any atom is 0.329 e. The minimum Gasteiger partial charge on any atom is -0.459 e. The van der Waals surface area contributed by atoms with E-state index >= 15 is 0 Å². The largest absolute Gasteiger partial charge is 0.459 e. The number of nitro groups is 1. The van der Waals surface area contributed by atoms with E-state index in [9.17, 15) is 10.1 Å². The molecule has 2 heterocycles. The van der Waals surface area contributed by atoms with Gasteiger partial charge in [0.15, 0.2) is 0 Å². The summed E-state index contributed by atoms with van der Waals surface area (Å²) < 4.78 is 5.83. The van der Waals surface area contributed by atoms with Crippen LogP contribution in [0.1, 0.15) is 31.6 Å². The normalized spacial score (nSPS) is 15.1. The monoisotopic (exact) mass is 339 g/mol. The van der Waals surface area contributed by atoms with Gasteiger partial charge in [-0.05, 0) is 31.9 Å². The summed E-state index contributed by atoms with van der Waals surface area (Å²) in [5, 5.41) is 18.4. The van der Waals surface area contributed by atoms with Crippen molar-refractivity contribution in [3.63, 3.8) is 0 Å². The van der Waals surface area contributed by atoms with Gasteiger partial charge in [0.2, 0.25) is 11.8 Å². The Hall–Kier alpha value is -3.16. The topological polar surface area (TPSA) is 106 Å². The number of benzene rings is 1. The van der Waals surface area contributed by atoms with E-state index in [4.69, 9.17) is 4.42 Å². The van der Waals surface area contributed by atoms with Crippen LogP contribution < -0.4 is 10.6 Å². The average molecular weight is 339 g/mol. The van der Waals surface area contributed by atoms with Crippen molar-refractivity contribution in [2.24, 2.45) is 0 Å². The highest BCUT2D eigenvalue weighted by atomic mass is 16.6. The summed E-state index contributed by atoms with van der Waals surface area (Å²) in [6.45, 7) is 1.93. The van der Waals surface area contributed by atoms with Crippen molar-refractivity contribution in [1.82, 2.24) is 9.97 Å². The average Bonchev–Trinajstić information content (AvgIpc) is 3.29. The molecule has 1 aromatic carbocycles. The lowest BCUT2D eigenvalue weighted by Crippen LogP contribution is -2.12. The Labute approximate surface area is 143 Å². The van der Waals surface area contributed by atoms with Crippen LogP contribution in [0.25, 0.3) is 11.0 Å². The van der Waals surface area contributed by atoms with E-state index in [1.54, 1.807) is 0 Å². The summed E-state index contributed by atoms with van der Waals surface area (Å²) in [6.07, 6.45) is 3.23. The Bertz CT molecular complexity index is 902. The maximum absolute atomic E-state index is 11.1. The summed E-state index contributed by atoms with van der Waals surface area (Å²) in [7, 11) is 0. The zero-order valence-electron chi connectivity index (χ0n) is 13.6. The lowest BCUT2D eigenvalue weighted by molar-refractivity contribution is -0.384. The fourth-order valence-electron chi connectivity index (χ4n) is 2.59. The van der Waals surface area contributed by atoms with Crippen molar-refractivity contribution in [1.29, 1.82) is 0 Å². The number of aromatic nitrogens is 2. The van der Waals surface area contributed by atoms with Gasteiger partial charge in [0.25, 0.3) is 0 Å². The molecule has 8 nitrogen and oxygen atoms in total. The molecule has 2 aromatic heterocycles. The first-order chi connectivity index (χ1) is 12.1. The van der Waals surface area contributed by atoms with E-state index in [1.807, 2.05) is 37.3 Å². The molecule has 0 spiro atoms. The minimum absolute atomic E-state index is 0.117. The van der Waals surface area contributed by atoms with E-state index in [2.05, 4.69) is 20.6 Å². The minimum atomic E-state index is -0.475. The number of nitrogens with one attached hydrogen (secondary N) is 2. The highest BCUT2D eigenvalue weighted by Crippen LogP contribution is 2.30. The van der Waals surface area contributed by atoms with Crippen molar-refractivity contribution in [2.75, 3.05) is 10.6 Å². The summed E-state index contributed by atoms with van der Waals surface area (Å²) in [5.74, 6) is 1.32. The number of rotatable bonds is 6. The number of nitrogens with zero attached hydrogens (tertiary/aromatic N) is 3. The van der Waals surface area contributed by atoms with Crippen molar-refractivity contribution in [3.8, 4) is 0 Å². The second-order valence-electron chi connectivity index (χ2n) is 6.16. The molecule has 1 unspecified atom stereocenters. The highest BCUT2D eigenvalue weighted by molar-refractivity contribution is 5.77. The summed E-state index contributed by atoms with van der Waals surface area (Å²) >= 11 is 0. The molecular weight excluding hydrogens is 322 g/mol. The Morgan fingerprint density at radius 2 is 2.16 bits per heavy atom. The van der Waals surface area contributed by atoms with Gasteiger partial charge in [-0.1, -0.05) is 18.2 Å². The standard InChI is InChI=1S/C17H17N5O3/c1-10(15-8-11-4-2-3-5-14(11)25-15)19-17-18-9-13(22(23)24)16(21-17)20-12-6-7-12/h2-5,8-10,12H,6-7H2,1H3,(H2,18,19,20,21). The predicted octanol–water partition coefficient (Wildman–Crippen LogP) is 3.88. The molecule has 25 heavy (non-hydrogen) atoms. The third-order valence-electron chi connectivity index (χ3n) is 4.10. The van der Waals surface area contributed by atoms with Crippen LogP contribution >= 0.6 is 0 Å². The molecular formula is C17H17N5O3. The van der Waals surface area contributed by atoms with Crippen LogP contribution in [-0.2, 0) is 0 Å². The van der Waals surface area contributed by atoms with Crippen LogP contribution in [0.2, 0.25) is 0 Å². The SMILES string of the molecule is CC(Nc1ncc([N+](=O)[O-])c(NC2CC2)n1)c1cc2ccccc2o1. The number of furan rings is 1. The van der Waals surface area contributed by atoms with Gasteiger partial charge in [-0.25, -0.2) is 4.98 Å². The first-order valence-electron chi connectivity index (χ1n) is 8.13. The molecule has 0 saturated heterocycles. The molecule has 0 radical (unpaired) electrons. The van der Waals surface area contributed by atoms with Crippen LogP contribution in [0, 0.1) is 10.1 Å². The van der Waals surface area contributed by atoms with Gasteiger partial charge in [0.05, 0.1) is 11.0 Å². The lowest BCUT2D eigenvalue weighted by atomic mass is 10.2. The van der Waals surface area contributed by atoms with E-state index in [-0.39, 0.29) is 23.6 Å². The zero-order valence-corrected chi connectivity index (χ0v) is 13.6. The lowest BCUT2D eigenvalue weighted by Gasteiger charge is -2.12. The van der Waals surface area contributed by atoms with Gasteiger partial charge in [-0.2, -0.15) is 4.98 Å². The smallest absolute Gasteiger partial charge is 0.329 e. The quantitative estimate of drug-likeness (QED) is 0.518. The van der Waals surface area contributed by atoms with E-state index in [0.717, 1.165) is 29.6 Å². The Kier molecular flexibility index (Phi) is 3.72. The molecule has 3 aromatic rings. The van der Waals surface area contributed by atoms with Gasteiger partial charge in [0.1, 0.15) is 17.5 Å². The van der Waals surface area contributed by atoms with Crippen LogP contribution in [-0.4, -0.2) is 20.9 Å². The van der Waals surface area contributed by atoms with E-state index in [1.165, 1.54) is 6.20 Å². The number of anilines is 2. The number of hydrogen-bond donors (Lipinski definition) is 2. The van der Waals surface area contributed by atoms with Gasteiger partial charge in [-0.3, -0.25) is 10.1 Å². The molecule has 0 aliphatic heterocycles. The van der Waals surface area contributed by atoms with Gasteiger partial charge in [0, 0.05) is 11.4 Å². The number of fused-ring (bicyclic) bond motifs is 1. The predicted molar refractivity (Wildman–Crippen MR) is 93.6 cm³/mol. The van der Waals surface area contributed by atoms with Crippen LogP contribution in [0.4, 0.5) is 17.5 Å². The van der Waals surface area contributed by atoms with Crippen molar-refractivity contribution in [2.45, 2.75) is 31.8 Å². The molecule has 4 rings (SSSR count). The Balaban J connectivity index is 1.57. The summed E-state index contributed by atoms with van der Waals surface area (Å²) in [5.41, 5.74) is 0.695. The van der Waals surface area contributed by atoms with Crippen LogP contribution in [0.3, 0.4) is 0 Å². The molecule has 2 N–H and O–H groups in total. The molecule has 128 valence electrons. The summed E-state index contributed by atoms with van der Waals surface area (Å²) in [6, 6.07) is 9.80. The first kappa shape index (κ1) is 15.4. The van der Waals surface area contributed by atoms with E-state index < -0.39 is 4.92 Å². The number of hydrogen-bond acceptors (Lipinski definition) is 7. The van der Waals surface area contributed by atoms with Crippen LogP contribution in [0.15, 0.2) is 40.9 Å². The van der Waals surface area contributed by atoms with Crippen molar-refractivity contribution < 1.29 is 9.34 Å². The third-order valence-corrected chi connectivity index (χ3v) is 4.10. The molecule has 1 aliphatic carbocycles. The fraction of sp³-hybridized carbons (Fsp3) is 0.294. The molecule has 1 atom stereocenters. The molecule has 1 fully saturated rings. The summed E-state index contributed by atoms with van der Waals surface area (Å²) in [4.78, 5) is 19.0. The molecule has 1 saturated carbocycles. The van der Waals surface area contributed by atoms with E-state index in [0.29, 0.717) is 5.95 Å². The molecule has 1 aliphatic rings. The van der Waals surface area contributed by atoms with Crippen LogP contribution in [0.5, 0.6) is 0 Å². The zero-order chi connectivity index (χ0) is 17.4. The molecule has 0 bridgehead atoms. The van der Waals surface area contributed by atoms with Crippen molar-refractivity contribution >= 4 is 28.4 Å². The Morgan fingerprint density at radius 3 is 2.88 bits per heavy atom. The fourth-order valence-corrected chi connectivity index (χ4v) is 2.59. The van der Waals surface area contributed by atoms with Gasteiger partial charge < -0.3 is 15.1 Å². The second-order valence-corrected chi connectivity index (χ2v) is 6.16. The second kappa shape index (κ2) is 6.04. The van der Waals surface area contributed by atoms with Crippen molar-refractivity contribution in [3.05, 3.63) is 52.4 Å². The third kappa shape index (κ3) is 3.23. The number of para-hydroxylation sites is 1. The molecule has 8 heteroatoms. The van der Waals surface area contributed by atoms with Gasteiger partial charge in [-0.15, -0.1) is 0 Å². The highest BCUT2D eigenvalue weighted by Gasteiger charge is 2.27. The Morgan fingerprint density at radius 1 is 1.36 bits per heavy atom. The van der Waals surface area contributed by atoms with Gasteiger partial charge >= 0.3 is 5.69 Å². The maximum atomic E-state index is 11.1.